The number of hydrogen-bond donors (Lipinski definition) is 0. The van der Waals surface area contributed by atoms with Crippen LogP contribution in [-0.2, 0) is 0 Å². The van der Waals surface area contributed by atoms with E-state index >= 15 is 0 Å². The SMILES string of the molecule is c1ccc(-c2cc(-c3cc(-n4c5ccccc5c5ccccc54)cc4c3sc3ccc5sc6ccccc6c5c34)nc(-c3ccccc3)n2)cc1. The highest BCUT2D eigenvalue weighted by Crippen LogP contribution is 2.48. The van der Waals surface area contributed by atoms with Crippen LogP contribution in [0.1, 0.15) is 0 Å². The molecule has 4 heterocycles. The molecule has 0 aliphatic rings. The van der Waals surface area contributed by atoms with Gasteiger partial charge in [0.1, 0.15) is 0 Å². The molecule has 4 aromatic heterocycles. The molecule has 0 N–H and O–H groups in total. The highest BCUT2D eigenvalue weighted by atomic mass is 32.1. The highest BCUT2D eigenvalue weighted by molar-refractivity contribution is 7.28. The molecule has 0 radical (unpaired) electrons. The van der Waals surface area contributed by atoms with Crippen LogP contribution in [0.3, 0.4) is 0 Å². The number of nitrogens with zero attached hydrogens (tertiary/aromatic N) is 3. The average molecular weight is 686 g/mol. The first-order valence-corrected chi connectivity index (χ1v) is 18.7. The second kappa shape index (κ2) is 11.2. The summed E-state index contributed by atoms with van der Waals surface area (Å²) in [6.07, 6.45) is 0. The molecule has 0 amide bonds. The normalized spacial score (nSPS) is 11.9. The van der Waals surface area contributed by atoms with Crippen LogP contribution >= 0.6 is 22.7 Å². The van der Waals surface area contributed by atoms with Crippen molar-refractivity contribution in [3.8, 4) is 39.6 Å². The first-order valence-electron chi connectivity index (χ1n) is 17.1. The fourth-order valence-corrected chi connectivity index (χ4v) is 10.1. The van der Waals surface area contributed by atoms with Gasteiger partial charge in [-0.05, 0) is 48.5 Å². The van der Waals surface area contributed by atoms with Crippen LogP contribution in [0.2, 0.25) is 0 Å². The Labute approximate surface area is 301 Å². The van der Waals surface area contributed by atoms with Gasteiger partial charge in [0, 0.05) is 73.5 Å². The van der Waals surface area contributed by atoms with Gasteiger partial charge < -0.3 is 4.57 Å². The van der Waals surface area contributed by atoms with Crippen LogP contribution in [0.4, 0.5) is 0 Å². The number of rotatable bonds is 4. The maximum atomic E-state index is 5.36. The van der Waals surface area contributed by atoms with Gasteiger partial charge in [-0.15, -0.1) is 22.7 Å². The Balaban J connectivity index is 1.30. The van der Waals surface area contributed by atoms with Gasteiger partial charge >= 0.3 is 0 Å². The quantitative estimate of drug-likeness (QED) is 0.185. The summed E-state index contributed by atoms with van der Waals surface area (Å²) >= 11 is 3.73. The smallest absolute Gasteiger partial charge is 0.160 e. The Kier molecular flexibility index (Phi) is 6.29. The Morgan fingerprint density at radius 3 is 1.71 bits per heavy atom. The molecule has 0 unspecified atom stereocenters. The van der Waals surface area contributed by atoms with Crippen LogP contribution in [0, 0.1) is 0 Å². The number of para-hydroxylation sites is 2. The lowest BCUT2D eigenvalue weighted by molar-refractivity contribution is 1.17. The zero-order valence-electron chi connectivity index (χ0n) is 27.2. The van der Waals surface area contributed by atoms with E-state index in [2.05, 4.69) is 162 Å². The molecule has 238 valence electrons. The first kappa shape index (κ1) is 28.7. The van der Waals surface area contributed by atoms with Crippen molar-refractivity contribution < 1.29 is 0 Å². The largest absolute Gasteiger partial charge is 0.309 e. The molecular weight excluding hydrogens is 659 g/mol. The lowest BCUT2D eigenvalue weighted by Crippen LogP contribution is -1.98. The van der Waals surface area contributed by atoms with E-state index < -0.39 is 0 Å². The number of benzene rings is 7. The van der Waals surface area contributed by atoms with E-state index in [0.29, 0.717) is 0 Å². The zero-order chi connectivity index (χ0) is 33.5. The maximum Gasteiger partial charge on any atom is 0.160 e. The Morgan fingerprint density at radius 2 is 0.980 bits per heavy atom. The molecule has 7 aromatic carbocycles. The third kappa shape index (κ3) is 4.42. The van der Waals surface area contributed by atoms with Crippen molar-refractivity contribution in [1.82, 2.24) is 14.5 Å². The molecule has 0 bridgehead atoms. The van der Waals surface area contributed by atoms with E-state index in [1.54, 1.807) is 0 Å². The summed E-state index contributed by atoms with van der Waals surface area (Å²) in [7, 11) is 0. The Hall–Kier alpha value is -6.14. The van der Waals surface area contributed by atoms with Crippen molar-refractivity contribution in [2.24, 2.45) is 0 Å². The van der Waals surface area contributed by atoms with Crippen molar-refractivity contribution in [3.63, 3.8) is 0 Å². The summed E-state index contributed by atoms with van der Waals surface area (Å²) in [5, 5.41) is 7.70. The minimum atomic E-state index is 0.717. The van der Waals surface area contributed by atoms with Crippen molar-refractivity contribution in [2.45, 2.75) is 0 Å². The molecule has 0 aliphatic carbocycles. The minimum Gasteiger partial charge on any atom is -0.309 e. The number of fused-ring (bicyclic) bond motifs is 10. The van der Waals surface area contributed by atoms with Crippen LogP contribution < -0.4 is 0 Å². The van der Waals surface area contributed by atoms with E-state index in [9.17, 15) is 0 Å². The van der Waals surface area contributed by atoms with Crippen LogP contribution in [0.5, 0.6) is 0 Å². The average Bonchev–Trinajstić information content (AvgIpc) is 3.87. The van der Waals surface area contributed by atoms with Gasteiger partial charge in [-0.2, -0.15) is 0 Å². The molecule has 11 aromatic rings. The fraction of sp³-hybridized carbons (Fsp3) is 0. The standard InChI is InChI=1S/C46H27N3S2/c1-3-13-28(14-4-1)36-27-37(48-46(47-36)29-15-5-2-6-16-29)34-25-30(49-38-20-10-7-17-31(38)32-18-8-11-21-39(32)49)26-35-44-42(51-45(34)35)24-23-41-43(44)33-19-9-12-22-40(33)50-41/h1-27H. The van der Waals surface area contributed by atoms with Crippen molar-refractivity contribution in [1.29, 1.82) is 0 Å². The molecule has 0 aliphatic heterocycles. The topological polar surface area (TPSA) is 30.7 Å². The predicted octanol–water partition coefficient (Wildman–Crippen LogP) is 13.3. The zero-order valence-corrected chi connectivity index (χ0v) is 28.9. The molecule has 51 heavy (non-hydrogen) atoms. The van der Waals surface area contributed by atoms with E-state index in [1.807, 2.05) is 28.7 Å². The van der Waals surface area contributed by atoms with E-state index in [4.69, 9.17) is 9.97 Å². The van der Waals surface area contributed by atoms with Gasteiger partial charge in [-0.3, -0.25) is 0 Å². The van der Waals surface area contributed by atoms with Crippen molar-refractivity contribution >= 4 is 84.8 Å². The lowest BCUT2D eigenvalue weighted by atomic mass is 10.0. The summed E-state index contributed by atoms with van der Waals surface area (Å²) in [6, 6.07) is 58.6. The van der Waals surface area contributed by atoms with Gasteiger partial charge in [0.05, 0.1) is 22.4 Å². The number of thiophene rings is 2. The van der Waals surface area contributed by atoms with Gasteiger partial charge in [0.25, 0.3) is 0 Å². The van der Waals surface area contributed by atoms with Crippen LogP contribution in [0.15, 0.2) is 164 Å². The lowest BCUT2D eigenvalue weighted by Gasteiger charge is -2.14. The molecule has 11 rings (SSSR count). The molecule has 3 nitrogen and oxygen atoms in total. The van der Waals surface area contributed by atoms with Crippen molar-refractivity contribution in [3.05, 3.63) is 164 Å². The van der Waals surface area contributed by atoms with Gasteiger partial charge in [0.15, 0.2) is 5.82 Å². The number of aromatic nitrogens is 3. The van der Waals surface area contributed by atoms with Gasteiger partial charge in [-0.1, -0.05) is 115 Å². The monoisotopic (exact) mass is 685 g/mol. The predicted molar refractivity (Wildman–Crippen MR) is 218 cm³/mol. The first-order chi connectivity index (χ1) is 25.3. The van der Waals surface area contributed by atoms with Crippen LogP contribution in [0.25, 0.3) is 102 Å². The van der Waals surface area contributed by atoms with E-state index in [0.717, 1.165) is 39.6 Å². The van der Waals surface area contributed by atoms with Gasteiger partial charge in [-0.25, -0.2) is 9.97 Å². The molecular formula is C46H27N3S2. The second-order valence-corrected chi connectivity index (χ2v) is 15.1. The number of hydrogen-bond acceptors (Lipinski definition) is 4. The molecule has 0 saturated carbocycles. The summed E-state index contributed by atoms with van der Waals surface area (Å²) in [4.78, 5) is 10.5. The molecule has 0 spiro atoms. The molecule has 0 saturated heterocycles. The molecule has 5 heteroatoms. The third-order valence-electron chi connectivity index (χ3n) is 10.0. The van der Waals surface area contributed by atoms with E-state index in [1.165, 1.54) is 62.2 Å². The summed E-state index contributed by atoms with van der Waals surface area (Å²) < 4.78 is 7.57. The Bertz CT molecular complexity index is 3020. The summed E-state index contributed by atoms with van der Waals surface area (Å²) in [5.74, 6) is 0.717. The van der Waals surface area contributed by atoms with Crippen LogP contribution in [-0.4, -0.2) is 14.5 Å². The van der Waals surface area contributed by atoms with Crippen molar-refractivity contribution in [2.75, 3.05) is 0 Å². The minimum absolute atomic E-state index is 0.717. The fourth-order valence-electron chi connectivity index (χ4n) is 7.75. The molecule has 0 atom stereocenters. The van der Waals surface area contributed by atoms with Gasteiger partial charge in [0.2, 0.25) is 0 Å². The maximum absolute atomic E-state index is 5.36. The second-order valence-electron chi connectivity index (χ2n) is 12.9. The molecule has 0 fully saturated rings. The summed E-state index contributed by atoms with van der Waals surface area (Å²) in [5.41, 5.74) is 8.47. The van der Waals surface area contributed by atoms with E-state index in [-0.39, 0.29) is 0 Å². The Morgan fingerprint density at radius 1 is 0.412 bits per heavy atom. The summed E-state index contributed by atoms with van der Waals surface area (Å²) in [6.45, 7) is 0. The third-order valence-corrected chi connectivity index (χ3v) is 12.3. The highest BCUT2D eigenvalue weighted by Gasteiger charge is 2.21.